The Morgan fingerprint density at radius 2 is 2.00 bits per heavy atom. The number of amides is 2. The standard InChI is InChI=1S/C16H18N4O2/c1-10-3-5-12(6-4-10)7-15(22)17-16-13-8-20(11(2)21)9-14(13)18-19-16/h3-6H,7-9H2,1-2H3,(H2,17,18,19,22). The molecule has 0 unspecified atom stereocenters. The summed E-state index contributed by atoms with van der Waals surface area (Å²) in [5.41, 5.74) is 3.91. The van der Waals surface area contributed by atoms with Gasteiger partial charge in [-0.05, 0) is 12.5 Å². The van der Waals surface area contributed by atoms with Gasteiger partial charge in [-0.1, -0.05) is 29.8 Å². The fourth-order valence-corrected chi connectivity index (χ4v) is 2.53. The van der Waals surface area contributed by atoms with Gasteiger partial charge in [-0.25, -0.2) is 0 Å². The molecule has 0 spiro atoms. The molecule has 0 fully saturated rings. The van der Waals surface area contributed by atoms with E-state index in [4.69, 9.17) is 0 Å². The highest BCUT2D eigenvalue weighted by atomic mass is 16.2. The van der Waals surface area contributed by atoms with E-state index in [-0.39, 0.29) is 11.8 Å². The fourth-order valence-electron chi connectivity index (χ4n) is 2.53. The Morgan fingerprint density at radius 3 is 2.68 bits per heavy atom. The lowest BCUT2D eigenvalue weighted by Crippen LogP contribution is -2.23. The number of aryl methyl sites for hydroxylation is 1. The molecule has 6 nitrogen and oxygen atoms in total. The van der Waals surface area contributed by atoms with E-state index in [2.05, 4.69) is 15.5 Å². The lowest BCUT2D eigenvalue weighted by molar-refractivity contribution is -0.129. The van der Waals surface area contributed by atoms with Crippen LogP contribution < -0.4 is 5.32 Å². The molecule has 1 aliphatic rings. The second kappa shape index (κ2) is 5.63. The van der Waals surface area contributed by atoms with Gasteiger partial charge in [0.05, 0.1) is 25.2 Å². The molecular weight excluding hydrogens is 280 g/mol. The van der Waals surface area contributed by atoms with Crippen molar-refractivity contribution >= 4 is 17.6 Å². The highest BCUT2D eigenvalue weighted by Crippen LogP contribution is 2.27. The summed E-state index contributed by atoms with van der Waals surface area (Å²) >= 11 is 0. The molecular formula is C16H18N4O2. The Morgan fingerprint density at radius 1 is 1.27 bits per heavy atom. The number of hydrogen-bond acceptors (Lipinski definition) is 3. The lowest BCUT2D eigenvalue weighted by atomic mass is 10.1. The zero-order chi connectivity index (χ0) is 15.7. The summed E-state index contributed by atoms with van der Waals surface area (Å²) in [7, 11) is 0. The maximum Gasteiger partial charge on any atom is 0.230 e. The number of aromatic nitrogens is 2. The molecule has 0 saturated carbocycles. The molecule has 0 radical (unpaired) electrons. The average molecular weight is 298 g/mol. The van der Waals surface area contributed by atoms with Crippen molar-refractivity contribution in [2.45, 2.75) is 33.4 Å². The number of carbonyl (C=O) groups is 2. The molecule has 0 saturated heterocycles. The first-order valence-electron chi connectivity index (χ1n) is 7.20. The summed E-state index contributed by atoms with van der Waals surface area (Å²) in [6.45, 7) is 4.55. The quantitative estimate of drug-likeness (QED) is 0.906. The van der Waals surface area contributed by atoms with E-state index in [0.29, 0.717) is 25.3 Å². The van der Waals surface area contributed by atoms with Crippen molar-refractivity contribution in [3.8, 4) is 0 Å². The van der Waals surface area contributed by atoms with E-state index in [0.717, 1.165) is 16.8 Å². The van der Waals surface area contributed by atoms with Crippen LogP contribution >= 0.6 is 0 Å². The summed E-state index contributed by atoms with van der Waals surface area (Å²) in [6.07, 6.45) is 0.304. The zero-order valence-corrected chi connectivity index (χ0v) is 12.6. The molecule has 0 atom stereocenters. The van der Waals surface area contributed by atoms with Crippen LogP contribution in [0.1, 0.15) is 29.3 Å². The Labute approximate surface area is 128 Å². The van der Waals surface area contributed by atoms with Crippen molar-refractivity contribution < 1.29 is 9.59 Å². The van der Waals surface area contributed by atoms with Crippen LogP contribution in [0.2, 0.25) is 0 Å². The summed E-state index contributed by atoms with van der Waals surface area (Å²) < 4.78 is 0. The Balaban J connectivity index is 1.66. The number of carbonyl (C=O) groups excluding carboxylic acids is 2. The van der Waals surface area contributed by atoms with Gasteiger partial charge in [0.1, 0.15) is 0 Å². The number of rotatable bonds is 3. The number of anilines is 1. The summed E-state index contributed by atoms with van der Waals surface area (Å²) in [5, 5.41) is 9.85. The second-order valence-corrected chi connectivity index (χ2v) is 5.61. The number of benzene rings is 1. The molecule has 3 rings (SSSR count). The van der Waals surface area contributed by atoms with Gasteiger partial charge in [0.25, 0.3) is 0 Å². The molecule has 2 aromatic rings. The first-order valence-corrected chi connectivity index (χ1v) is 7.20. The van der Waals surface area contributed by atoms with E-state index in [1.165, 1.54) is 12.5 Å². The minimum absolute atomic E-state index is 0.0153. The van der Waals surface area contributed by atoms with Gasteiger partial charge in [-0.15, -0.1) is 0 Å². The Bertz CT molecular complexity index is 718. The van der Waals surface area contributed by atoms with Crippen LogP contribution in [-0.4, -0.2) is 26.9 Å². The first-order chi connectivity index (χ1) is 10.5. The van der Waals surface area contributed by atoms with E-state index >= 15 is 0 Å². The maximum absolute atomic E-state index is 12.1. The van der Waals surface area contributed by atoms with Gasteiger partial charge in [0, 0.05) is 12.5 Å². The summed E-state index contributed by atoms with van der Waals surface area (Å²) in [4.78, 5) is 25.3. The Kier molecular flexibility index (Phi) is 3.66. The molecule has 2 amide bonds. The van der Waals surface area contributed by atoms with Gasteiger partial charge in [0.2, 0.25) is 11.8 Å². The van der Waals surface area contributed by atoms with Crippen LogP contribution in [-0.2, 0) is 29.1 Å². The zero-order valence-electron chi connectivity index (χ0n) is 12.6. The number of fused-ring (bicyclic) bond motifs is 1. The third-order valence-corrected chi connectivity index (χ3v) is 3.84. The van der Waals surface area contributed by atoms with Gasteiger partial charge < -0.3 is 10.2 Å². The molecule has 1 aromatic carbocycles. The molecule has 0 aliphatic carbocycles. The second-order valence-electron chi connectivity index (χ2n) is 5.61. The largest absolute Gasteiger partial charge is 0.333 e. The number of nitrogens with one attached hydrogen (secondary N) is 2. The smallest absolute Gasteiger partial charge is 0.230 e. The van der Waals surface area contributed by atoms with Crippen LogP contribution in [0.25, 0.3) is 0 Å². The van der Waals surface area contributed by atoms with Crippen molar-refractivity contribution in [3.05, 3.63) is 46.6 Å². The van der Waals surface area contributed by atoms with Gasteiger partial charge in [-0.2, -0.15) is 5.10 Å². The van der Waals surface area contributed by atoms with Crippen molar-refractivity contribution in [1.29, 1.82) is 0 Å². The first kappa shape index (κ1) is 14.3. The van der Waals surface area contributed by atoms with Crippen molar-refractivity contribution in [2.24, 2.45) is 0 Å². The monoisotopic (exact) mass is 298 g/mol. The number of H-pyrrole nitrogens is 1. The molecule has 22 heavy (non-hydrogen) atoms. The van der Waals surface area contributed by atoms with E-state index < -0.39 is 0 Å². The average Bonchev–Trinajstić information content (AvgIpc) is 3.04. The highest BCUT2D eigenvalue weighted by Gasteiger charge is 2.26. The van der Waals surface area contributed by atoms with Gasteiger partial charge in [0.15, 0.2) is 5.82 Å². The van der Waals surface area contributed by atoms with Crippen LogP contribution in [0, 0.1) is 6.92 Å². The lowest BCUT2D eigenvalue weighted by Gasteiger charge is -2.12. The molecule has 1 aliphatic heterocycles. The van der Waals surface area contributed by atoms with E-state index in [9.17, 15) is 9.59 Å². The van der Waals surface area contributed by atoms with Crippen molar-refractivity contribution in [1.82, 2.24) is 15.1 Å². The molecule has 114 valence electrons. The van der Waals surface area contributed by atoms with Gasteiger partial charge in [-0.3, -0.25) is 14.7 Å². The van der Waals surface area contributed by atoms with Gasteiger partial charge >= 0.3 is 0 Å². The Hall–Kier alpha value is -2.63. The van der Waals surface area contributed by atoms with Crippen LogP contribution in [0.5, 0.6) is 0 Å². The van der Waals surface area contributed by atoms with E-state index in [1.807, 2.05) is 31.2 Å². The number of aromatic amines is 1. The summed E-state index contributed by atoms with van der Waals surface area (Å²) in [6, 6.07) is 7.86. The van der Waals surface area contributed by atoms with Crippen LogP contribution in [0.15, 0.2) is 24.3 Å². The summed E-state index contributed by atoms with van der Waals surface area (Å²) in [5.74, 6) is 0.428. The topological polar surface area (TPSA) is 78.1 Å². The number of hydrogen-bond donors (Lipinski definition) is 2. The third kappa shape index (κ3) is 2.86. The highest BCUT2D eigenvalue weighted by molar-refractivity contribution is 5.92. The van der Waals surface area contributed by atoms with Crippen LogP contribution in [0.4, 0.5) is 5.82 Å². The SMILES string of the molecule is CC(=O)N1Cc2[nH]nc(NC(=O)Cc3ccc(C)cc3)c2C1. The van der Waals surface area contributed by atoms with Crippen LogP contribution in [0.3, 0.4) is 0 Å². The third-order valence-electron chi connectivity index (χ3n) is 3.84. The maximum atomic E-state index is 12.1. The molecule has 2 heterocycles. The molecule has 2 N–H and O–H groups in total. The fraction of sp³-hybridized carbons (Fsp3) is 0.312. The predicted octanol–water partition coefficient (Wildman–Crippen LogP) is 1.76. The van der Waals surface area contributed by atoms with E-state index in [1.54, 1.807) is 4.90 Å². The normalized spacial score (nSPS) is 13.1. The minimum Gasteiger partial charge on any atom is -0.333 e. The molecule has 1 aromatic heterocycles. The van der Waals surface area contributed by atoms with Crippen molar-refractivity contribution in [2.75, 3.05) is 5.32 Å². The number of nitrogens with zero attached hydrogens (tertiary/aromatic N) is 2. The minimum atomic E-state index is -0.112. The molecule has 0 bridgehead atoms. The van der Waals surface area contributed by atoms with Crippen molar-refractivity contribution in [3.63, 3.8) is 0 Å². The predicted molar refractivity (Wildman–Crippen MR) is 82.0 cm³/mol. The molecule has 6 heteroatoms.